The van der Waals surface area contributed by atoms with Crippen molar-refractivity contribution in [3.05, 3.63) is 380 Å². The lowest BCUT2D eigenvalue weighted by molar-refractivity contribution is 1.05. The summed E-state index contributed by atoms with van der Waals surface area (Å²) in [6.45, 7) is 50.0. The van der Waals surface area contributed by atoms with Gasteiger partial charge in [0.25, 0.3) is 0 Å². The van der Waals surface area contributed by atoms with Crippen LogP contribution in [0.15, 0.2) is 374 Å². The highest BCUT2D eigenvalue weighted by atomic mass is 14.9. The number of aromatic nitrogens is 17. The molecule has 7 aromatic carbocycles. The summed E-state index contributed by atoms with van der Waals surface area (Å²) >= 11 is 0. The fraction of sp³-hybridized carbons (Fsp3) is 0.248. The van der Waals surface area contributed by atoms with Gasteiger partial charge in [0.1, 0.15) is 44.3 Å². The first-order chi connectivity index (χ1) is 58.7. The Balaban J connectivity index is -0.000000391. The topological polar surface area (TPSA) is 222 Å². The van der Waals surface area contributed by atoms with Crippen molar-refractivity contribution in [3.8, 4) is 0 Å². The summed E-state index contributed by atoms with van der Waals surface area (Å²) in [4.78, 5) is 64.7. The van der Waals surface area contributed by atoms with E-state index in [2.05, 4.69) is 182 Å². The SMILES string of the molecule is CC.CC.CC.CC.CC.CC.CC.CC.CC.CC.CC.CC.Cc1ncnc2c1ccc1ccccc12.c1ccc2c(c1)[nH]c1ccccc12.c1ccc2cnccc2c1.c1ccc2cnccc2c1.c1ccc2ncncc2c1.c1ccncc1.c1ccncc1.c1ccncc1.c1cncnc1.c1cncnc1.c1ncncn1. The average Bonchev–Trinajstić information content (AvgIpc) is 0.867. The predicted molar refractivity (Wildman–Crippen MR) is 513 cm³/mol. The molecule has 0 unspecified atom stereocenters. The molecule has 0 aliphatic carbocycles. The molecule has 0 aliphatic heterocycles. The van der Waals surface area contributed by atoms with Crippen molar-refractivity contribution in [2.75, 3.05) is 0 Å². The van der Waals surface area contributed by atoms with Gasteiger partial charge in [-0.05, 0) is 113 Å². The van der Waals surface area contributed by atoms with Crippen LogP contribution in [0, 0.1) is 6.92 Å². The van der Waals surface area contributed by atoms with Crippen molar-refractivity contribution in [1.29, 1.82) is 0 Å². The number of benzene rings is 7. The number of rotatable bonds is 0. The molecule has 17 heteroatoms. The molecule has 0 saturated carbocycles. The number of aromatic amines is 1. The standard InChI is InChI=1S/C13H10N2.C12H9N.2C9H7N.C8H6N2.3C5H5N.2C4H4N2.C3H3N3.12C2H6/c1-9-11-7-6-10-4-2-3-5-12(10)13(11)15-8-14-9;1-3-7-11-9(5-1)10-6-2-4-8-12(10)13-11;2*1-2-4-9-7-10-6-5-8(9)3-1;1-2-4-8-7(3-1)5-9-6-10-8;3*1-2-4-6-5-3-1;2*1-2-5-4-6-3-1;1-4-2-6-3-5-1;12*1-2/h2-8H,1H3;1-8,13H;2*1-7H;1-6H;3*1-5H;2*1-4H;1-3H;12*1-2H3. The maximum Gasteiger partial charge on any atom is 0.119 e. The molecule has 0 amide bonds. The molecule has 0 aliphatic rings. The third-order valence-corrected chi connectivity index (χ3v) is 12.7. The van der Waals surface area contributed by atoms with Gasteiger partial charge < -0.3 is 4.98 Å². The van der Waals surface area contributed by atoms with Crippen LogP contribution in [-0.2, 0) is 0 Å². The molecule has 0 radical (unpaired) electrons. The van der Waals surface area contributed by atoms with Gasteiger partial charge in [0, 0.05) is 137 Å². The Hall–Kier alpha value is -13.3. The largest absolute Gasteiger partial charge is 0.355 e. The molecule has 0 fully saturated rings. The number of pyridine rings is 5. The Bertz CT molecular complexity index is 4080. The van der Waals surface area contributed by atoms with Gasteiger partial charge in [-0.1, -0.05) is 324 Å². The van der Waals surface area contributed by atoms with Crippen LogP contribution < -0.4 is 0 Å². The smallest absolute Gasteiger partial charge is 0.119 e. The Morgan fingerprint density at radius 3 is 0.814 bits per heavy atom. The molecule has 17 nitrogen and oxygen atoms in total. The van der Waals surface area contributed by atoms with E-state index >= 15 is 0 Å². The van der Waals surface area contributed by atoms with E-state index in [0.717, 1.165) is 27.5 Å². The number of nitrogens with one attached hydrogen (secondary N) is 1. The first kappa shape index (κ1) is 113. The van der Waals surface area contributed by atoms with E-state index < -0.39 is 0 Å². The van der Waals surface area contributed by atoms with E-state index in [1.54, 1.807) is 86.8 Å². The quantitative estimate of drug-likeness (QED) is 0.139. The summed E-state index contributed by atoms with van der Waals surface area (Å²) < 4.78 is 0. The second-order valence-electron chi connectivity index (χ2n) is 19.1. The van der Waals surface area contributed by atoms with Crippen LogP contribution in [0.25, 0.3) is 75.9 Å². The monoisotopic (exact) mass is 1590 g/mol. The highest BCUT2D eigenvalue weighted by Crippen LogP contribution is 2.25. The number of aryl methyl sites for hydroxylation is 1. The Kier molecular flexibility index (Phi) is 87.3. The molecule has 626 valence electrons. The highest BCUT2D eigenvalue weighted by molar-refractivity contribution is 6.07. The van der Waals surface area contributed by atoms with Crippen LogP contribution >= 0.6 is 0 Å². The molecule has 18 aromatic rings. The zero-order valence-electron chi connectivity index (χ0n) is 75.4. The summed E-state index contributed by atoms with van der Waals surface area (Å²) in [5.74, 6) is 0. The Morgan fingerprint density at radius 2 is 0.492 bits per heavy atom. The summed E-state index contributed by atoms with van der Waals surface area (Å²) in [5.41, 5.74) is 5.50. The first-order valence-electron chi connectivity index (χ1n) is 41.5. The minimum absolute atomic E-state index is 0.998. The minimum atomic E-state index is 0.998. The molecule has 18 rings (SSSR count). The fourth-order valence-corrected chi connectivity index (χ4v) is 8.35. The van der Waals surface area contributed by atoms with Gasteiger partial charge in [-0.25, -0.2) is 54.8 Å². The number of nitrogens with zero attached hydrogens (tertiary/aromatic N) is 16. The van der Waals surface area contributed by atoms with Gasteiger partial charge in [0.15, 0.2) is 0 Å². The van der Waals surface area contributed by atoms with Gasteiger partial charge >= 0.3 is 0 Å². The lowest BCUT2D eigenvalue weighted by Gasteiger charge is -2.03. The number of hydrogen-bond donors (Lipinski definition) is 1. The number of hydrogen-bond acceptors (Lipinski definition) is 16. The maximum absolute atomic E-state index is 4.36. The molecule has 11 heterocycles. The third-order valence-electron chi connectivity index (χ3n) is 12.7. The normalized spacial score (nSPS) is 8.21. The molecule has 0 saturated heterocycles. The van der Waals surface area contributed by atoms with Crippen molar-refractivity contribution in [3.63, 3.8) is 0 Å². The number of para-hydroxylation sites is 3. The van der Waals surface area contributed by atoms with Gasteiger partial charge in [-0.3, -0.25) is 24.9 Å². The molecular weight excluding hydrogens is 1450 g/mol. The van der Waals surface area contributed by atoms with Gasteiger partial charge in [-0.2, -0.15) is 0 Å². The van der Waals surface area contributed by atoms with E-state index in [1.807, 2.05) is 331 Å². The van der Waals surface area contributed by atoms with E-state index in [4.69, 9.17) is 0 Å². The van der Waals surface area contributed by atoms with Gasteiger partial charge in [-0.15, -0.1) is 0 Å². The van der Waals surface area contributed by atoms with Crippen LogP contribution in [0.5, 0.6) is 0 Å². The molecule has 0 spiro atoms. The molecule has 11 aromatic heterocycles. The van der Waals surface area contributed by atoms with Crippen LogP contribution in [0.2, 0.25) is 0 Å². The van der Waals surface area contributed by atoms with Crippen molar-refractivity contribution in [2.45, 2.75) is 173 Å². The van der Waals surface area contributed by atoms with Crippen LogP contribution in [0.3, 0.4) is 0 Å². The minimum Gasteiger partial charge on any atom is -0.355 e. The summed E-state index contributed by atoms with van der Waals surface area (Å²) in [7, 11) is 0. The van der Waals surface area contributed by atoms with E-state index in [1.165, 1.54) is 85.8 Å². The van der Waals surface area contributed by atoms with E-state index in [-0.39, 0.29) is 0 Å². The number of fused-ring (bicyclic) bond motifs is 9. The van der Waals surface area contributed by atoms with Gasteiger partial charge in [0.05, 0.1) is 11.0 Å². The maximum atomic E-state index is 4.36. The summed E-state index contributed by atoms with van der Waals surface area (Å²) in [6.07, 6.45) is 36.9. The zero-order chi connectivity index (χ0) is 88.8. The Labute approximate surface area is 709 Å². The third kappa shape index (κ3) is 53.7. The molecule has 0 bridgehead atoms. The lowest BCUT2D eigenvalue weighted by Crippen LogP contribution is -1.87. The van der Waals surface area contributed by atoms with E-state index in [0.29, 0.717) is 0 Å². The van der Waals surface area contributed by atoms with Crippen molar-refractivity contribution in [1.82, 2.24) is 84.7 Å². The highest BCUT2D eigenvalue weighted by Gasteiger charge is 2.04. The first-order valence-corrected chi connectivity index (χ1v) is 41.5. The van der Waals surface area contributed by atoms with E-state index in [9.17, 15) is 0 Å². The average molecular weight is 1590 g/mol. The fourth-order valence-electron chi connectivity index (χ4n) is 8.35. The molecular formula is C101H137N17. The molecule has 0 atom stereocenters. The summed E-state index contributed by atoms with van der Waals surface area (Å²) in [6, 6.07) is 78.3. The zero-order valence-corrected chi connectivity index (χ0v) is 75.4. The van der Waals surface area contributed by atoms with Crippen molar-refractivity contribution in [2.24, 2.45) is 0 Å². The summed E-state index contributed by atoms with van der Waals surface area (Å²) in [5, 5.41) is 12.1. The van der Waals surface area contributed by atoms with Gasteiger partial charge in [0.2, 0.25) is 0 Å². The molecule has 1 N–H and O–H groups in total. The van der Waals surface area contributed by atoms with Crippen LogP contribution in [0.1, 0.15) is 172 Å². The second kappa shape index (κ2) is 90.9. The van der Waals surface area contributed by atoms with Crippen LogP contribution in [0.4, 0.5) is 0 Å². The predicted octanol–water partition coefficient (Wildman–Crippen LogP) is 28.9. The van der Waals surface area contributed by atoms with Crippen molar-refractivity contribution >= 4 is 75.9 Å². The molecule has 118 heavy (non-hydrogen) atoms. The van der Waals surface area contributed by atoms with Crippen LogP contribution in [-0.4, -0.2) is 84.7 Å². The Morgan fingerprint density at radius 1 is 0.178 bits per heavy atom. The van der Waals surface area contributed by atoms with Crippen molar-refractivity contribution < 1.29 is 0 Å². The number of H-pyrrole nitrogens is 1. The second-order valence-corrected chi connectivity index (χ2v) is 19.1. The lowest BCUT2D eigenvalue weighted by atomic mass is 10.1.